The van der Waals surface area contributed by atoms with Gasteiger partial charge in [0.1, 0.15) is 17.2 Å². The van der Waals surface area contributed by atoms with Gasteiger partial charge in [-0.1, -0.05) is 6.92 Å². The Morgan fingerprint density at radius 1 is 1.45 bits per heavy atom. The van der Waals surface area contributed by atoms with Crippen molar-refractivity contribution in [1.82, 2.24) is 20.2 Å². The van der Waals surface area contributed by atoms with E-state index in [9.17, 15) is 4.79 Å². The van der Waals surface area contributed by atoms with Crippen LogP contribution >= 0.6 is 11.8 Å². The number of fused-ring (bicyclic) bond motifs is 3. The average Bonchev–Trinajstić information content (AvgIpc) is 2.54. The third-order valence-corrected chi connectivity index (χ3v) is 5.55. The van der Waals surface area contributed by atoms with Gasteiger partial charge in [-0.25, -0.2) is 14.8 Å². The Labute approximate surface area is 135 Å². The lowest BCUT2D eigenvalue weighted by Crippen LogP contribution is -2.57. The molecule has 0 spiro atoms. The minimum atomic E-state index is -0.191. The van der Waals surface area contributed by atoms with Crippen molar-refractivity contribution in [2.45, 2.75) is 24.8 Å². The molecule has 1 aromatic heterocycles. The zero-order valence-electron chi connectivity index (χ0n) is 13.1. The van der Waals surface area contributed by atoms with Gasteiger partial charge in [-0.05, 0) is 38.1 Å². The third-order valence-electron chi connectivity index (χ3n) is 4.90. The number of amides is 2. The summed E-state index contributed by atoms with van der Waals surface area (Å²) >= 11 is 1.53. The maximum atomic E-state index is 12.1. The summed E-state index contributed by atoms with van der Waals surface area (Å²) in [7, 11) is 0. The molecule has 4 heterocycles. The number of thioether (sulfide) groups is 1. The molecule has 3 fully saturated rings. The summed E-state index contributed by atoms with van der Waals surface area (Å²) in [6, 6.07) is 1.59. The fourth-order valence-electron chi connectivity index (χ4n) is 3.59. The fourth-order valence-corrected chi connectivity index (χ4v) is 3.97. The van der Waals surface area contributed by atoms with Crippen LogP contribution in [0.2, 0.25) is 0 Å². The van der Waals surface area contributed by atoms with E-state index in [1.54, 1.807) is 6.07 Å². The molecule has 3 aliphatic rings. The molecule has 22 heavy (non-hydrogen) atoms. The minimum Gasteiger partial charge on any atom is -0.337 e. The number of hydrogen-bond donors (Lipinski definition) is 2. The van der Waals surface area contributed by atoms with Gasteiger partial charge in [0.25, 0.3) is 0 Å². The fraction of sp³-hybridized carbons (Fsp3) is 0.667. The normalized spacial score (nSPS) is 30.1. The molecule has 0 aromatic carbocycles. The molecule has 2 amide bonds. The van der Waals surface area contributed by atoms with Gasteiger partial charge >= 0.3 is 6.03 Å². The number of urea groups is 1. The van der Waals surface area contributed by atoms with Crippen LogP contribution in [-0.4, -0.2) is 53.3 Å². The number of hydrogen-bond acceptors (Lipinski definition) is 5. The Kier molecular flexibility index (Phi) is 4.54. The number of nitrogens with one attached hydrogen (secondary N) is 2. The Balaban J connectivity index is 1.54. The number of nitrogens with zero attached hydrogens (tertiary/aromatic N) is 3. The lowest BCUT2D eigenvalue weighted by molar-refractivity contribution is -0.0140. The number of carbonyl (C=O) groups is 1. The lowest BCUT2D eigenvalue weighted by Gasteiger charge is -2.51. The predicted octanol–water partition coefficient (Wildman–Crippen LogP) is 2.05. The molecule has 120 valence electrons. The van der Waals surface area contributed by atoms with Crippen molar-refractivity contribution in [1.29, 1.82) is 0 Å². The van der Waals surface area contributed by atoms with Crippen molar-refractivity contribution in [2.75, 3.05) is 37.8 Å². The van der Waals surface area contributed by atoms with Crippen LogP contribution in [0.3, 0.4) is 0 Å². The van der Waals surface area contributed by atoms with Crippen molar-refractivity contribution in [2.24, 2.45) is 11.3 Å². The summed E-state index contributed by atoms with van der Waals surface area (Å²) < 4.78 is 0. The first-order valence-electron chi connectivity index (χ1n) is 7.72. The molecule has 0 aliphatic carbocycles. The van der Waals surface area contributed by atoms with Gasteiger partial charge in [0, 0.05) is 24.6 Å². The lowest BCUT2D eigenvalue weighted by atomic mass is 9.68. The van der Waals surface area contributed by atoms with Crippen LogP contribution < -0.4 is 10.6 Å². The Morgan fingerprint density at radius 3 is 2.86 bits per heavy atom. The first kappa shape index (κ1) is 15.6. The SMILES string of the molecule is CSc1cc(NC(=O)NC[C@]2(C)CN3CCC2CC3)ncn1. The van der Waals surface area contributed by atoms with Crippen LogP contribution in [0.4, 0.5) is 10.6 Å². The smallest absolute Gasteiger partial charge is 0.320 e. The molecule has 4 rings (SSSR count). The van der Waals surface area contributed by atoms with Crippen molar-refractivity contribution >= 4 is 23.6 Å². The molecule has 3 saturated heterocycles. The Bertz CT molecular complexity index is 546. The van der Waals surface area contributed by atoms with Crippen molar-refractivity contribution in [3.8, 4) is 0 Å². The molecule has 0 unspecified atom stereocenters. The quantitative estimate of drug-likeness (QED) is 0.656. The Hall–Kier alpha value is -1.34. The molecule has 0 saturated carbocycles. The van der Waals surface area contributed by atoms with Gasteiger partial charge in [0.2, 0.25) is 0 Å². The molecular weight excluding hydrogens is 298 g/mol. The molecule has 0 radical (unpaired) electrons. The summed E-state index contributed by atoms with van der Waals surface area (Å²) in [6.07, 6.45) is 5.92. The van der Waals surface area contributed by atoms with Crippen LogP contribution in [-0.2, 0) is 0 Å². The first-order valence-corrected chi connectivity index (χ1v) is 8.95. The third kappa shape index (κ3) is 3.35. The summed E-state index contributed by atoms with van der Waals surface area (Å²) in [5.41, 5.74) is 0.184. The predicted molar refractivity (Wildman–Crippen MR) is 88.1 cm³/mol. The molecule has 6 nitrogen and oxygen atoms in total. The molecule has 1 aromatic rings. The highest BCUT2D eigenvalue weighted by molar-refractivity contribution is 7.98. The van der Waals surface area contributed by atoms with E-state index < -0.39 is 0 Å². The van der Waals surface area contributed by atoms with Crippen LogP contribution in [0, 0.1) is 11.3 Å². The van der Waals surface area contributed by atoms with Gasteiger partial charge in [-0.3, -0.25) is 5.32 Å². The summed E-state index contributed by atoms with van der Waals surface area (Å²) in [4.78, 5) is 22.8. The molecule has 7 heteroatoms. The number of piperidine rings is 3. The second-order valence-electron chi connectivity index (χ2n) is 6.46. The molecule has 1 atom stereocenters. The number of aromatic nitrogens is 2. The molecule has 2 bridgehead atoms. The van der Waals surface area contributed by atoms with Crippen LogP contribution in [0.1, 0.15) is 19.8 Å². The highest BCUT2D eigenvalue weighted by atomic mass is 32.2. The highest BCUT2D eigenvalue weighted by Gasteiger charge is 2.43. The average molecular weight is 321 g/mol. The second kappa shape index (κ2) is 6.42. The number of anilines is 1. The minimum absolute atomic E-state index is 0.184. The summed E-state index contributed by atoms with van der Waals surface area (Å²) in [6.45, 7) is 6.51. The first-order chi connectivity index (χ1) is 10.6. The monoisotopic (exact) mass is 321 g/mol. The van der Waals surface area contributed by atoms with Crippen molar-refractivity contribution < 1.29 is 4.79 Å². The van der Waals surface area contributed by atoms with Crippen molar-refractivity contribution in [3.05, 3.63) is 12.4 Å². The maximum Gasteiger partial charge on any atom is 0.320 e. The van der Waals surface area contributed by atoms with Gasteiger partial charge in [0.05, 0.1) is 0 Å². The second-order valence-corrected chi connectivity index (χ2v) is 7.28. The van der Waals surface area contributed by atoms with E-state index in [0.717, 1.165) is 17.5 Å². The van der Waals surface area contributed by atoms with E-state index in [1.165, 1.54) is 44.0 Å². The van der Waals surface area contributed by atoms with E-state index in [0.29, 0.717) is 12.4 Å². The standard InChI is InChI=1S/C15H23N5OS/c1-15(9-20-5-3-11(15)4-6-20)8-16-14(21)19-12-7-13(22-2)18-10-17-12/h7,10-11H,3-6,8-9H2,1-2H3,(H2,16,17,18,19,21)/t15-/m1/s1. The van der Waals surface area contributed by atoms with E-state index >= 15 is 0 Å². The summed E-state index contributed by atoms with van der Waals surface area (Å²) in [5.74, 6) is 1.26. The van der Waals surface area contributed by atoms with E-state index in [2.05, 4.69) is 32.4 Å². The van der Waals surface area contributed by atoms with E-state index in [1.807, 2.05) is 6.26 Å². The molecule has 3 aliphatic heterocycles. The van der Waals surface area contributed by atoms with Crippen molar-refractivity contribution in [3.63, 3.8) is 0 Å². The maximum absolute atomic E-state index is 12.1. The molecular formula is C15H23N5OS. The van der Waals surface area contributed by atoms with Gasteiger partial charge < -0.3 is 10.2 Å². The number of carbonyl (C=O) groups excluding carboxylic acids is 1. The topological polar surface area (TPSA) is 70.2 Å². The van der Waals surface area contributed by atoms with E-state index in [4.69, 9.17) is 0 Å². The van der Waals surface area contributed by atoms with Gasteiger partial charge in [0.15, 0.2) is 0 Å². The molecule has 2 N–H and O–H groups in total. The number of rotatable bonds is 4. The van der Waals surface area contributed by atoms with Crippen LogP contribution in [0.25, 0.3) is 0 Å². The Morgan fingerprint density at radius 2 is 2.23 bits per heavy atom. The van der Waals surface area contributed by atoms with Gasteiger partial charge in [-0.2, -0.15) is 0 Å². The zero-order chi connectivity index (χ0) is 15.6. The van der Waals surface area contributed by atoms with Crippen LogP contribution in [0.5, 0.6) is 0 Å². The highest BCUT2D eigenvalue weighted by Crippen LogP contribution is 2.41. The largest absolute Gasteiger partial charge is 0.337 e. The zero-order valence-corrected chi connectivity index (χ0v) is 13.9. The van der Waals surface area contributed by atoms with Gasteiger partial charge in [-0.15, -0.1) is 11.8 Å². The van der Waals surface area contributed by atoms with E-state index in [-0.39, 0.29) is 11.4 Å². The van der Waals surface area contributed by atoms with Crippen LogP contribution in [0.15, 0.2) is 17.4 Å². The summed E-state index contributed by atoms with van der Waals surface area (Å²) in [5, 5.41) is 6.65.